The molecule has 1 heterocycles. The molecule has 0 bridgehead atoms. The first-order valence-corrected chi connectivity index (χ1v) is 15.9. The van der Waals surface area contributed by atoms with Crippen molar-refractivity contribution < 1.29 is 28.8 Å². The number of unbranched alkanes of at least 4 members (excludes halogenated alkanes) is 2. The van der Waals surface area contributed by atoms with Crippen molar-refractivity contribution in [2.45, 2.75) is 51.5 Å². The molecule has 2 atom stereocenters. The lowest BCUT2D eigenvalue weighted by Crippen LogP contribution is -2.49. The summed E-state index contributed by atoms with van der Waals surface area (Å²) in [5, 5.41) is 10.9. The standard InChI is InChI=1S/C37H39N5O6/c1-26(23-27-11-5-2-6-12-27)36(47)40-30-18-16-29(17-19-30)39-33(44)25-38-37(48)31(24-28-13-7-3-8-14-28)41-32(43)15-9-4-10-22-42-34(45)20-21-35(42)46/h2-3,5-7,11-13,16-21,26,31H,4,9-10,15,22-25H2,1H3,(H,38,48)(H,39,44)(H,40,47)(H,41,43)/t26-,31-/m0/s1. The van der Waals surface area contributed by atoms with Crippen molar-refractivity contribution in [3.05, 3.63) is 108 Å². The normalized spacial score (nSPS) is 13.3. The van der Waals surface area contributed by atoms with E-state index in [0.717, 1.165) is 10.5 Å². The molecular formula is C37H39N5O6. The third kappa shape index (κ3) is 11.2. The highest BCUT2D eigenvalue weighted by molar-refractivity contribution is 6.12. The number of hydrogen-bond acceptors (Lipinski definition) is 6. The minimum atomic E-state index is -0.949. The second-order valence-electron chi connectivity index (χ2n) is 11.5. The van der Waals surface area contributed by atoms with Crippen molar-refractivity contribution in [2.24, 2.45) is 5.92 Å². The first-order valence-electron chi connectivity index (χ1n) is 15.9. The Kier molecular flexibility index (Phi) is 13.0. The average molecular weight is 650 g/mol. The van der Waals surface area contributed by atoms with Gasteiger partial charge in [-0.1, -0.05) is 61.9 Å². The van der Waals surface area contributed by atoms with E-state index in [-0.39, 0.29) is 55.5 Å². The van der Waals surface area contributed by atoms with Crippen molar-refractivity contribution in [3.63, 3.8) is 0 Å². The lowest BCUT2D eigenvalue weighted by Gasteiger charge is -2.18. The first-order chi connectivity index (χ1) is 23.2. The maximum atomic E-state index is 13.1. The largest absolute Gasteiger partial charge is 0.345 e. The zero-order valence-corrected chi connectivity index (χ0v) is 26.8. The maximum Gasteiger partial charge on any atom is 0.253 e. The van der Waals surface area contributed by atoms with Gasteiger partial charge in [0, 0.05) is 54.4 Å². The minimum Gasteiger partial charge on any atom is -0.345 e. The Morgan fingerprint density at radius 1 is 0.750 bits per heavy atom. The molecule has 0 spiro atoms. The van der Waals surface area contributed by atoms with Crippen LogP contribution in [0.15, 0.2) is 84.9 Å². The fraction of sp³-hybridized carbons (Fsp3) is 0.297. The number of carbonyl (C=O) groups excluding carboxylic acids is 6. The molecule has 0 radical (unpaired) electrons. The molecule has 0 aromatic heterocycles. The van der Waals surface area contributed by atoms with Crippen LogP contribution in [0, 0.1) is 18.1 Å². The van der Waals surface area contributed by atoms with Crippen molar-refractivity contribution in [1.82, 2.24) is 15.5 Å². The zero-order valence-electron chi connectivity index (χ0n) is 26.8. The monoisotopic (exact) mass is 649 g/mol. The molecule has 0 saturated carbocycles. The van der Waals surface area contributed by atoms with E-state index in [1.54, 1.807) is 42.5 Å². The van der Waals surface area contributed by atoms with Crippen LogP contribution in [0.3, 0.4) is 0 Å². The van der Waals surface area contributed by atoms with Crippen molar-refractivity contribution in [2.75, 3.05) is 23.7 Å². The van der Waals surface area contributed by atoms with E-state index in [2.05, 4.69) is 33.4 Å². The summed E-state index contributed by atoms with van der Waals surface area (Å²) in [4.78, 5) is 75.6. The van der Waals surface area contributed by atoms with E-state index in [4.69, 9.17) is 0 Å². The van der Waals surface area contributed by atoms with E-state index >= 15 is 0 Å². The highest BCUT2D eigenvalue weighted by atomic mass is 16.2. The molecule has 4 rings (SSSR count). The van der Waals surface area contributed by atoms with Crippen molar-refractivity contribution >= 4 is 46.8 Å². The van der Waals surface area contributed by atoms with Gasteiger partial charge in [0.15, 0.2) is 0 Å². The number of benzene rings is 2. The van der Waals surface area contributed by atoms with E-state index in [1.807, 2.05) is 37.3 Å². The van der Waals surface area contributed by atoms with Crippen LogP contribution >= 0.6 is 0 Å². The van der Waals surface area contributed by atoms with Gasteiger partial charge in [0.25, 0.3) is 11.8 Å². The number of rotatable bonds is 17. The van der Waals surface area contributed by atoms with Gasteiger partial charge >= 0.3 is 0 Å². The molecule has 3 aromatic rings. The van der Waals surface area contributed by atoms with Crippen LogP contribution in [0.4, 0.5) is 11.4 Å². The van der Waals surface area contributed by atoms with Crippen LogP contribution in [0.25, 0.3) is 0 Å². The number of carbonyl (C=O) groups is 6. The molecule has 11 heteroatoms. The summed E-state index contributed by atoms with van der Waals surface area (Å²) >= 11 is 0. The number of anilines is 2. The predicted molar refractivity (Wildman–Crippen MR) is 180 cm³/mol. The summed E-state index contributed by atoms with van der Waals surface area (Å²) in [5.41, 5.74) is 2.82. The van der Waals surface area contributed by atoms with Gasteiger partial charge in [-0.3, -0.25) is 33.7 Å². The van der Waals surface area contributed by atoms with Gasteiger partial charge in [0.1, 0.15) is 6.04 Å². The molecule has 0 unspecified atom stereocenters. The van der Waals surface area contributed by atoms with Crippen LogP contribution in [0.1, 0.15) is 43.7 Å². The molecule has 1 aliphatic rings. The van der Waals surface area contributed by atoms with Crippen LogP contribution in [-0.4, -0.2) is 59.5 Å². The third-order valence-corrected chi connectivity index (χ3v) is 7.66. The quantitative estimate of drug-likeness (QED) is 0.130. The molecule has 0 fully saturated rings. The second-order valence-corrected chi connectivity index (χ2v) is 11.5. The molecule has 0 aliphatic carbocycles. The fourth-order valence-electron chi connectivity index (χ4n) is 5.05. The van der Waals surface area contributed by atoms with Crippen LogP contribution < -0.4 is 21.3 Å². The summed E-state index contributed by atoms with van der Waals surface area (Å²) < 4.78 is 0. The molecule has 1 aliphatic heterocycles. The Hall–Kier alpha value is -5.76. The molecule has 3 aromatic carbocycles. The number of imide groups is 1. The van der Waals surface area contributed by atoms with Gasteiger partial charge in [-0.05, 0) is 61.2 Å². The average Bonchev–Trinajstić information content (AvgIpc) is 3.41. The van der Waals surface area contributed by atoms with Gasteiger partial charge < -0.3 is 21.3 Å². The minimum absolute atomic E-state index is 0.114. The van der Waals surface area contributed by atoms with E-state index in [9.17, 15) is 28.8 Å². The Morgan fingerprint density at radius 3 is 2.10 bits per heavy atom. The maximum absolute atomic E-state index is 13.1. The fourth-order valence-corrected chi connectivity index (χ4v) is 5.05. The predicted octanol–water partition coefficient (Wildman–Crippen LogP) is 3.37. The Morgan fingerprint density at radius 2 is 1.44 bits per heavy atom. The summed E-state index contributed by atoms with van der Waals surface area (Å²) in [6.45, 7) is 1.83. The smallest absolute Gasteiger partial charge is 0.253 e. The molecule has 4 N–H and O–H groups in total. The van der Waals surface area contributed by atoms with Crippen LogP contribution in [-0.2, 0) is 41.6 Å². The number of nitrogens with one attached hydrogen (secondary N) is 4. The van der Waals surface area contributed by atoms with Gasteiger partial charge in [-0.25, -0.2) is 0 Å². The number of amides is 6. The summed E-state index contributed by atoms with van der Waals surface area (Å²) in [5.74, 6) is -2.35. The van der Waals surface area contributed by atoms with Crippen LogP contribution in [0.2, 0.25) is 0 Å². The van der Waals surface area contributed by atoms with E-state index in [1.165, 1.54) is 12.2 Å². The lowest BCUT2D eigenvalue weighted by molar-refractivity contribution is -0.137. The van der Waals surface area contributed by atoms with Gasteiger partial charge in [0.05, 0.1) is 6.54 Å². The Balaban J connectivity index is 1.21. The first kappa shape index (κ1) is 35.1. The SMILES string of the molecule is C[C@@H](Cc1ccccc1)C(=O)Nc1ccc(NC(=O)CNC(=O)[C@H](Cc2c#cccc2)NC(=O)CCCCCN2C(=O)C=CC2=O)cc1. The Bertz CT molecular complexity index is 1590. The van der Waals surface area contributed by atoms with Crippen LogP contribution in [0.5, 0.6) is 0 Å². The second kappa shape index (κ2) is 17.8. The Labute approximate surface area is 280 Å². The summed E-state index contributed by atoms with van der Waals surface area (Å²) in [7, 11) is 0. The number of nitrogens with zero attached hydrogens (tertiary/aromatic N) is 1. The summed E-state index contributed by atoms with van der Waals surface area (Å²) in [6.07, 6.45) is 5.08. The zero-order chi connectivity index (χ0) is 34.3. The van der Waals surface area contributed by atoms with Crippen molar-refractivity contribution in [1.29, 1.82) is 0 Å². The lowest BCUT2D eigenvalue weighted by atomic mass is 10.0. The topological polar surface area (TPSA) is 154 Å². The van der Waals surface area contributed by atoms with E-state index in [0.29, 0.717) is 42.6 Å². The highest BCUT2D eigenvalue weighted by Crippen LogP contribution is 2.16. The molecular weight excluding hydrogens is 610 g/mol. The molecule has 6 amide bonds. The molecule has 48 heavy (non-hydrogen) atoms. The molecule has 248 valence electrons. The van der Waals surface area contributed by atoms with E-state index < -0.39 is 17.9 Å². The highest BCUT2D eigenvalue weighted by Gasteiger charge is 2.24. The number of hydrogen-bond donors (Lipinski definition) is 4. The van der Waals surface area contributed by atoms with Gasteiger partial charge in [0.2, 0.25) is 23.6 Å². The van der Waals surface area contributed by atoms with Crippen molar-refractivity contribution in [3.8, 4) is 0 Å². The molecule has 11 nitrogen and oxygen atoms in total. The van der Waals surface area contributed by atoms with Gasteiger partial charge in [-0.15, -0.1) is 0 Å². The van der Waals surface area contributed by atoms with Gasteiger partial charge in [-0.2, -0.15) is 0 Å². The molecule has 0 saturated heterocycles. The third-order valence-electron chi connectivity index (χ3n) is 7.66. The summed E-state index contributed by atoms with van der Waals surface area (Å²) in [6, 6.07) is 26.4.